The van der Waals surface area contributed by atoms with Crippen LogP contribution in [-0.4, -0.2) is 0 Å². The Balaban J connectivity index is 2.16. The van der Waals surface area contributed by atoms with Gasteiger partial charge in [-0.3, -0.25) is 0 Å². The Hall–Kier alpha value is -2.59. The molecule has 0 aromatic heterocycles. The molecule has 0 saturated heterocycles. The van der Waals surface area contributed by atoms with E-state index in [1.54, 1.807) is 0 Å². The fraction of sp³-hybridized carbons (Fsp3) is 0. The van der Waals surface area contributed by atoms with E-state index in [1.807, 2.05) is 36.4 Å². The molecule has 3 rings (SSSR count). The van der Waals surface area contributed by atoms with Crippen molar-refractivity contribution < 1.29 is 0 Å². The largest absolute Gasteiger partial charge is 0.192 e. The highest BCUT2D eigenvalue weighted by Crippen LogP contribution is 2.24. The van der Waals surface area contributed by atoms with Gasteiger partial charge in [-0.1, -0.05) is 48.5 Å². The SMILES string of the molecule is N#Cc1cccc(-c2ccc3ccccc3c2)c1. The van der Waals surface area contributed by atoms with Crippen LogP contribution in [0.25, 0.3) is 21.9 Å². The zero-order valence-electron chi connectivity index (χ0n) is 9.80. The maximum atomic E-state index is 8.93. The molecule has 0 radical (unpaired) electrons. The van der Waals surface area contributed by atoms with E-state index in [1.165, 1.54) is 10.8 Å². The minimum atomic E-state index is 0.695. The first kappa shape index (κ1) is 10.6. The van der Waals surface area contributed by atoms with Crippen molar-refractivity contribution in [2.75, 3.05) is 0 Å². The summed E-state index contributed by atoms with van der Waals surface area (Å²) in [6.07, 6.45) is 0. The number of fused-ring (bicyclic) bond motifs is 1. The van der Waals surface area contributed by atoms with E-state index in [-0.39, 0.29) is 0 Å². The van der Waals surface area contributed by atoms with Gasteiger partial charge in [0.25, 0.3) is 0 Å². The van der Waals surface area contributed by atoms with Crippen molar-refractivity contribution in [2.24, 2.45) is 0 Å². The molecule has 0 unspecified atom stereocenters. The number of rotatable bonds is 1. The number of benzene rings is 3. The minimum absolute atomic E-state index is 0.695. The van der Waals surface area contributed by atoms with Crippen LogP contribution in [0.15, 0.2) is 66.7 Å². The van der Waals surface area contributed by atoms with Crippen LogP contribution < -0.4 is 0 Å². The highest BCUT2D eigenvalue weighted by atomic mass is 14.2. The molecule has 1 nitrogen and oxygen atoms in total. The molecule has 0 heterocycles. The van der Waals surface area contributed by atoms with Crippen molar-refractivity contribution in [1.82, 2.24) is 0 Å². The molecule has 0 aliphatic carbocycles. The van der Waals surface area contributed by atoms with Gasteiger partial charge >= 0.3 is 0 Å². The third-order valence-corrected chi connectivity index (χ3v) is 3.07. The average Bonchev–Trinajstić information content (AvgIpc) is 2.47. The summed E-state index contributed by atoms with van der Waals surface area (Å²) in [5.74, 6) is 0. The third kappa shape index (κ3) is 1.85. The molecule has 0 N–H and O–H groups in total. The standard InChI is InChI=1S/C17H11N/c18-12-13-4-3-7-15(10-13)17-9-8-14-5-1-2-6-16(14)11-17/h1-11H. The van der Waals surface area contributed by atoms with E-state index in [2.05, 4.69) is 36.4 Å². The van der Waals surface area contributed by atoms with Crippen LogP contribution in [-0.2, 0) is 0 Å². The summed E-state index contributed by atoms with van der Waals surface area (Å²) in [4.78, 5) is 0. The number of hydrogen-bond acceptors (Lipinski definition) is 1. The first-order chi connectivity index (χ1) is 8.86. The molecule has 3 aromatic carbocycles. The summed E-state index contributed by atoms with van der Waals surface area (Å²) in [5, 5.41) is 11.4. The molecule has 0 amide bonds. The Morgan fingerprint density at radius 2 is 1.44 bits per heavy atom. The number of hydrogen-bond donors (Lipinski definition) is 0. The van der Waals surface area contributed by atoms with Gasteiger partial charge in [0.1, 0.15) is 0 Å². The molecule has 0 spiro atoms. The average molecular weight is 229 g/mol. The lowest BCUT2D eigenvalue weighted by Gasteiger charge is -2.04. The van der Waals surface area contributed by atoms with Gasteiger partial charge in [-0.05, 0) is 40.1 Å². The molecule has 0 aliphatic rings. The Kier molecular flexibility index (Phi) is 2.55. The van der Waals surface area contributed by atoms with Gasteiger partial charge in [0.2, 0.25) is 0 Å². The monoisotopic (exact) mass is 229 g/mol. The minimum Gasteiger partial charge on any atom is -0.192 e. The van der Waals surface area contributed by atoms with E-state index in [0.29, 0.717) is 5.56 Å². The van der Waals surface area contributed by atoms with Crippen molar-refractivity contribution in [1.29, 1.82) is 5.26 Å². The fourth-order valence-corrected chi connectivity index (χ4v) is 2.14. The van der Waals surface area contributed by atoms with Gasteiger partial charge < -0.3 is 0 Å². The van der Waals surface area contributed by atoms with E-state index in [9.17, 15) is 0 Å². The highest BCUT2D eigenvalue weighted by Gasteiger charge is 2.00. The van der Waals surface area contributed by atoms with Crippen molar-refractivity contribution >= 4 is 10.8 Å². The van der Waals surface area contributed by atoms with Crippen LogP contribution in [0.3, 0.4) is 0 Å². The second kappa shape index (κ2) is 4.35. The second-order valence-corrected chi connectivity index (χ2v) is 4.25. The maximum absolute atomic E-state index is 8.93. The normalized spacial score (nSPS) is 10.2. The van der Waals surface area contributed by atoms with Gasteiger partial charge in [-0.2, -0.15) is 5.26 Å². The molecule has 0 atom stereocenters. The lowest BCUT2D eigenvalue weighted by molar-refractivity contribution is 1.48. The van der Waals surface area contributed by atoms with E-state index >= 15 is 0 Å². The predicted molar refractivity (Wildman–Crippen MR) is 74.1 cm³/mol. The van der Waals surface area contributed by atoms with Crippen molar-refractivity contribution in [2.45, 2.75) is 0 Å². The van der Waals surface area contributed by atoms with Crippen LogP contribution in [0.5, 0.6) is 0 Å². The van der Waals surface area contributed by atoms with Gasteiger partial charge in [-0.25, -0.2) is 0 Å². The molecule has 1 heteroatoms. The molecule has 0 aliphatic heterocycles. The van der Waals surface area contributed by atoms with E-state index in [4.69, 9.17) is 5.26 Å². The first-order valence-corrected chi connectivity index (χ1v) is 5.86. The Morgan fingerprint density at radius 3 is 2.28 bits per heavy atom. The quantitative estimate of drug-likeness (QED) is 0.607. The lowest BCUT2D eigenvalue weighted by atomic mass is 10.00. The van der Waals surface area contributed by atoms with Gasteiger partial charge in [0.05, 0.1) is 11.6 Å². The third-order valence-electron chi connectivity index (χ3n) is 3.07. The predicted octanol–water partition coefficient (Wildman–Crippen LogP) is 4.38. The van der Waals surface area contributed by atoms with Gasteiger partial charge in [0, 0.05) is 0 Å². The molecule has 0 saturated carbocycles. The molecule has 0 fully saturated rings. The molecule has 0 bridgehead atoms. The van der Waals surface area contributed by atoms with Crippen LogP contribution in [0.1, 0.15) is 5.56 Å². The second-order valence-electron chi connectivity index (χ2n) is 4.25. The van der Waals surface area contributed by atoms with Crippen LogP contribution in [0, 0.1) is 11.3 Å². The molecular formula is C17H11N. The summed E-state index contributed by atoms with van der Waals surface area (Å²) in [5.41, 5.74) is 2.92. The Bertz CT molecular complexity index is 751. The fourth-order valence-electron chi connectivity index (χ4n) is 2.14. The summed E-state index contributed by atoms with van der Waals surface area (Å²) < 4.78 is 0. The van der Waals surface area contributed by atoms with Crippen molar-refractivity contribution in [3.8, 4) is 17.2 Å². The van der Waals surface area contributed by atoms with Crippen molar-refractivity contribution in [3.63, 3.8) is 0 Å². The number of nitrogens with zero attached hydrogens (tertiary/aromatic N) is 1. The Labute approximate surface area is 106 Å². The summed E-state index contributed by atoms with van der Waals surface area (Å²) in [6, 6.07) is 24.5. The van der Waals surface area contributed by atoms with Crippen molar-refractivity contribution in [3.05, 3.63) is 72.3 Å². The van der Waals surface area contributed by atoms with E-state index in [0.717, 1.165) is 11.1 Å². The van der Waals surface area contributed by atoms with Gasteiger partial charge in [0.15, 0.2) is 0 Å². The van der Waals surface area contributed by atoms with E-state index < -0.39 is 0 Å². The maximum Gasteiger partial charge on any atom is 0.0991 e. The summed E-state index contributed by atoms with van der Waals surface area (Å²) in [6.45, 7) is 0. The lowest BCUT2D eigenvalue weighted by Crippen LogP contribution is -1.80. The molecule has 84 valence electrons. The smallest absolute Gasteiger partial charge is 0.0991 e. The first-order valence-electron chi connectivity index (χ1n) is 5.86. The van der Waals surface area contributed by atoms with Crippen LogP contribution in [0.2, 0.25) is 0 Å². The number of nitriles is 1. The zero-order valence-corrected chi connectivity index (χ0v) is 9.80. The van der Waals surface area contributed by atoms with Crippen LogP contribution in [0.4, 0.5) is 0 Å². The highest BCUT2D eigenvalue weighted by molar-refractivity contribution is 5.87. The molecule has 3 aromatic rings. The Morgan fingerprint density at radius 1 is 0.667 bits per heavy atom. The topological polar surface area (TPSA) is 23.8 Å². The molecule has 18 heavy (non-hydrogen) atoms. The zero-order chi connectivity index (χ0) is 12.4. The molecular weight excluding hydrogens is 218 g/mol. The summed E-state index contributed by atoms with van der Waals surface area (Å²) >= 11 is 0. The van der Waals surface area contributed by atoms with Crippen LogP contribution >= 0.6 is 0 Å². The van der Waals surface area contributed by atoms with Gasteiger partial charge in [-0.15, -0.1) is 0 Å². The summed E-state index contributed by atoms with van der Waals surface area (Å²) in [7, 11) is 0.